The van der Waals surface area contributed by atoms with Gasteiger partial charge in [-0.3, -0.25) is 24.6 Å². The van der Waals surface area contributed by atoms with Crippen molar-refractivity contribution in [3.63, 3.8) is 0 Å². The fourth-order valence-corrected chi connectivity index (χ4v) is 4.18. The predicted molar refractivity (Wildman–Crippen MR) is 109 cm³/mol. The molecule has 0 bridgehead atoms. The average molecular weight is 466 g/mol. The molecule has 1 unspecified atom stereocenters. The molecule has 2 aromatic carbocycles. The molecular formula is C21H18F4N4O4. The molecule has 0 radical (unpaired) electrons. The lowest BCUT2D eigenvalue weighted by Gasteiger charge is -2.37. The third-order valence-electron chi connectivity index (χ3n) is 5.81. The summed E-state index contributed by atoms with van der Waals surface area (Å²) in [6, 6.07) is 7.02. The van der Waals surface area contributed by atoms with Crippen LogP contribution in [0.25, 0.3) is 0 Å². The first-order chi connectivity index (χ1) is 15.6. The standard InChI is InChI=1S/C21H18F4N4O4/c22-14-3-1-2-4-15(14)28-19(30)12-18(20(28)31)27-9-7-26(8-10-27)16-6-5-13(21(23,24)25)11-17(16)29(32)33/h1-6,11,18H,7-10,12H2. The summed E-state index contributed by atoms with van der Waals surface area (Å²) in [5, 5.41) is 11.4. The number of imide groups is 1. The molecule has 2 aliphatic heterocycles. The van der Waals surface area contributed by atoms with Crippen molar-refractivity contribution in [3.05, 3.63) is 64.0 Å². The quantitative estimate of drug-likeness (QED) is 0.298. The minimum atomic E-state index is -4.71. The van der Waals surface area contributed by atoms with E-state index in [9.17, 15) is 37.3 Å². The number of para-hydroxylation sites is 1. The minimum absolute atomic E-state index is 0.0504. The van der Waals surface area contributed by atoms with Gasteiger partial charge >= 0.3 is 6.18 Å². The zero-order valence-corrected chi connectivity index (χ0v) is 17.1. The van der Waals surface area contributed by atoms with Crippen molar-refractivity contribution in [2.75, 3.05) is 36.0 Å². The topological polar surface area (TPSA) is 87.0 Å². The zero-order chi connectivity index (χ0) is 23.9. The molecule has 2 aromatic rings. The molecule has 12 heteroatoms. The number of alkyl halides is 3. The van der Waals surface area contributed by atoms with Crippen molar-refractivity contribution < 1.29 is 32.1 Å². The number of benzene rings is 2. The second-order valence-electron chi connectivity index (χ2n) is 7.72. The lowest BCUT2D eigenvalue weighted by Crippen LogP contribution is -2.52. The van der Waals surface area contributed by atoms with E-state index in [1.54, 1.807) is 9.80 Å². The van der Waals surface area contributed by atoms with E-state index in [2.05, 4.69) is 0 Å². The third-order valence-corrected chi connectivity index (χ3v) is 5.81. The van der Waals surface area contributed by atoms with E-state index in [0.717, 1.165) is 23.1 Å². The Bertz CT molecular complexity index is 1120. The van der Waals surface area contributed by atoms with Gasteiger partial charge in [0, 0.05) is 32.2 Å². The lowest BCUT2D eigenvalue weighted by molar-refractivity contribution is -0.384. The number of anilines is 2. The van der Waals surface area contributed by atoms with E-state index in [1.807, 2.05) is 0 Å². The van der Waals surface area contributed by atoms with Crippen LogP contribution in [0.3, 0.4) is 0 Å². The van der Waals surface area contributed by atoms with Gasteiger partial charge in [-0.15, -0.1) is 0 Å². The first-order valence-electron chi connectivity index (χ1n) is 10.0. The van der Waals surface area contributed by atoms with Crippen LogP contribution in [0.5, 0.6) is 0 Å². The Kier molecular flexibility index (Phi) is 5.78. The largest absolute Gasteiger partial charge is 0.416 e. The Morgan fingerprint density at radius 2 is 1.64 bits per heavy atom. The molecule has 2 heterocycles. The lowest BCUT2D eigenvalue weighted by atomic mass is 10.1. The first-order valence-corrected chi connectivity index (χ1v) is 10.0. The van der Waals surface area contributed by atoms with E-state index < -0.39 is 46.0 Å². The molecule has 2 saturated heterocycles. The molecule has 2 fully saturated rings. The summed E-state index contributed by atoms with van der Waals surface area (Å²) in [6.07, 6.45) is -4.84. The Hall–Kier alpha value is -3.54. The smallest absolute Gasteiger partial charge is 0.363 e. The van der Waals surface area contributed by atoms with Crippen LogP contribution in [0.1, 0.15) is 12.0 Å². The van der Waals surface area contributed by atoms with E-state index in [0.29, 0.717) is 6.07 Å². The Morgan fingerprint density at radius 1 is 0.970 bits per heavy atom. The van der Waals surface area contributed by atoms with Crippen LogP contribution in [0.2, 0.25) is 0 Å². The summed E-state index contributed by atoms with van der Waals surface area (Å²) in [7, 11) is 0. The summed E-state index contributed by atoms with van der Waals surface area (Å²) in [5.74, 6) is -1.78. The highest BCUT2D eigenvalue weighted by atomic mass is 19.4. The number of hydrogen-bond donors (Lipinski definition) is 0. The summed E-state index contributed by atoms with van der Waals surface area (Å²) in [6.45, 7) is 0.883. The van der Waals surface area contributed by atoms with Crippen molar-refractivity contribution in [1.29, 1.82) is 0 Å². The summed E-state index contributed by atoms with van der Waals surface area (Å²) in [4.78, 5) is 40.0. The Balaban J connectivity index is 1.49. The van der Waals surface area contributed by atoms with E-state index >= 15 is 0 Å². The molecule has 174 valence electrons. The van der Waals surface area contributed by atoms with Crippen molar-refractivity contribution >= 4 is 28.9 Å². The number of nitro groups is 1. The third kappa shape index (κ3) is 4.25. The number of nitro benzene ring substituents is 1. The Morgan fingerprint density at radius 3 is 2.24 bits per heavy atom. The van der Waals surface area contributed by atoms with Gasteiger partial charge < -0.3 is 4.90 Å². The minimum Gasteiger partial charge on any atom is -0.363 e. The van der Waals surface area contributed by atoms with Crippen molar-refractivity contribution in [1.82, 2.24) is 4.90 Å². The monoisotopic (exact) mass is 466 g/mol. The molecule has 33 heavy (non-hydrogen) atoms. The number of amides is 2. The maximum Gasteiger partial charge on any atom is 0.416 e. The number of piperazine rings is 1. The van der Waals surface area contributed by atoms with Crippen LogP contribution in [0.15, 0.2) is 42.5 Å². The molecule has 2 amide bonds. The average Bonchev–Trinajstić information content (AvgIpc) is 3.07. The maximum absolute atomic E-state index is 14.1. The molecule has 0 aromatic heterocycles. The molecule has 0 spiro atoms. The summed E-state index contributed by atoms with van der Waals surface area (Å²) < 4.78 is 53.0. The number of rotatable bonds is 4. The zero-order valence-electron chi connectivity index (χ0n) is 17.1. The highest BCUT2D eigenvalue weighted by molar-refractivity contribution is 6.22. The van der Waals surface area contributed by atoms with Crippen LogP contribution in [-0.4, -0.2) is 53.9 Å². The van der Waals surface area contributed by atoms with Crippen LogP contribution in [0.4, 0.5) is 34.6 Å². The number of carbonyl (C=O) groups excluding carboxylic acids is 2. The summed E-state index contributed by atoms with van der Waals surface area (Å²) in [5.41, 5.74) is -1.83. The number of nitrogens with zero attached hydrogens (tertiary/aromatic N) is 4. The number of carbonyl (C=O) groups is 2. The van der Waals surface area contributed by atoms with Crippen molar-refractivity contribution in [2.45, 2.75) is 18.6 Å². The molecule has 2 aliphatic rings. The highest BCUT2D eigenvalue weighted by Gasteiger charge is 2.44. The van der Waals surface area contributed by atoms with Crippen molar-refractivity contribution in [3.8, 4) is 0 Å². The molecule has 4 rings (SSSR count). The fourth-order valence-electron chi connectivity index (χ4n) is 4.18. The normalized spacial score (nSPS) is 19.9. The van der Waals surface area contributed by atoms with Gasteiger partial charge in [-0.25, -0.2) is 9.29 Å². The van der Waals surface area contributed by atoms with E-state index in [1.165, 1.54) is 18.2 Å². The fraction of sp³-hybridized carbons (Fsp3) is 0.333. The van der Waals surface area contributed by atoms with Gasteiger partial charge in [0.15, 0.2) is 0 Å². The van der Waals surface area contributed by atoms with Crippen molar-refractivity contribution in [2.24, 2.45) is 0 Å². The molecule has 0 N–H and O–H groups in total. The maximum atomic E-state index is 14.1. The van der Waals surface area contributed by atoms with Gasteiger partial charge in [-0.05, 0) is 24.3 Å². The van der Waals surface area contributed by atoms with Crippen LogP contribution in [-0.2, 0) is 15.8 Å². The highest BCUT2D eigenvalue weighted by Crippen LogP contribution is 2.37. The van der Waals surface area contributed by atoms with Gasteiger partial charge in [-0.2, -0.15) is 13.2 Å². The Labute approximate surface area is 185 Å². The molecule has 8 nitrogen and oxygen atoms in total. The number of halogens is 4. The molecular weight excluding hydrogens is 448 g/mol. The number of hydrogen-bond acceptors (Lipinski definition) is 6. The first kappa shape index (κ1) is 22.6. The molecule has 0 aliphatic carbocycles. The van der Waals surface area contributed by atoms with Gasteiger partial charge in [0.2, 0.25) is 5.91 Å². The predicted octanol–water partition coefficient (Wildman–Crippen LogP) is 3.21. The van der Waals surface area contributed by atoms with Gasteiger partial charge in [-0.1, -0.05) is 12.1 Å². The van der Waals surface area contributed by atoms with Crippen LogP contribution < -0.4 is 9.80 Å². The second-order valence-corrected chi connectivity index (χ2v) is 7.72. The van der Waals surface area contributed by atoms with Gasteiger partial charge in [0.05, 0.1) is 28.6 Å². The second kappa shape index (κ2) is 8.43. The van der Waals surface area contributed by atoms with Gasteiger partial charge in [0.1, 0.15) is 11.5 Å². The SMILES string of the molecule is O=C1CC(N2CCN(c3ccc(C(F)(F)F)cc3[N+](=O)[O-])CC2)C(=O)N1c1ccccc1F. The van der Waals surface area contributed by atoms with E-state index in [-0.39, 0.29) is 44.0 Å². The van der Waals surface area contributed by atoms with Gasteiger partial charge in [0.25, 0.3) is 11.6 Å². The van der Waals surface area contributed by atoms with Crippen LogP contribution >= 0.6 is 0 Å². The van der Waals surface area contributed by atoms with E-state index in [4.69, 9.17) is 0 Å². The molecule has 0 saturated carbocycles. The molecule has 1 atom stereocenters. The summed E-state index contributed by atoms with van der Waals surface area (Å²) >= 11 is 0. The van der Waals surface area contributed by atoms with Crippen LogP contribution in [0, 0.1) is 15.9 Å².